The number of aromatic amines is 1. The van der Waals surface area contributed by atoms with E-state index in [0.717, 1.165) is 7.05 Å². The van der Waals surface area contributed by atoms with Crippen LogP contribution in [0, 0.1) is 0 Å². The van der Waals surface area contributed by atoms with Crippen molar-refractivity contribution in [3.8, 4) is 0 Å². The largest absolute Gasteiger partial charge is 0.361 e. The second-order valence-corrected chi connectivity index (χ2v) is 5.47. The SMILES string of the molecule is [2H]c1c(CS(=O)(=O)N([2H])C)c([2H])c2c(C([2H])([2H])C([2H])([2H])N(C([2H])([2H])[2H])C([2H])([2H])[2H])c([2H])n([2H])c2c1[2H]. The molecule has 0 aliphatic heterocycles. The van der Waals surface area contributed by atoms with Gasteiger partial charge in [0, 0.05) is 37.3 Å². The van der Waals surface area contributed by atoms with Crippen molar-refractivity contribution in [3.05, 3.63) is 35.4 Å². The van der Waals surface area contributed by atoms with Gasteiger partial charge in [0.1, 0.15) is 1.41 Å². The fraction of sp³-hybridized carbons (Fsp3) is 0.429. The third-order valence-corrected chi connectivity index (χ3v) is 3.48. The van der Waals surface area contributed by atoms with Gasteiger partial charge < -0.3 is 9.88 Å². The number of sulfonamides is 1. The van der Waals surface area contributed by atoms with E-state index in [9.17, 15) is 8.42 Å². The molecule has 0 fully saturated rings. The molecule has 1 aromatic carbocycles. The van der Waals surface area contributed by atoms with E-state index in [1.807, 2.05) is 0 Å². The second kappa shape index (κ2) is 5.95. The van der Waals surface area contributed by atoms with Crippen LogP contribution in [0.2, 0.25) is 2.82 Å². The van der Waals surface area contributed by atoms with Crippen molar-refractivity contribution < 1.29 is 30.4 Å². The van der Waals surface area contributed by atoms with Crippen LogP contribution in [0.25, 0.3) is 10.9 Å². The molecule has 2 aromatic rings. The summed E-state index contributed by atoms with van der Waals surface area (Å²) in [5.74, 6) is -1.19. The average Bonchev–Trinajstić information content (AvgIpc) is 2.92. The summed E-state index contributed by atoms with van der Waals surface area (Å²) in [5, 5.41) is -0.848. The molecule has 6 heteroatoms. The highest BCUT2D eigenvalue weighted by atomic mass is 32.2. The lowest BCUT2D eigenvalue weighted by atomic mass is 10.1. The number of benzene rings is 1. The van der Waals surface area contributed by atoms with Gasteiger partial charge in [-0.25, -0.2) is 13.1 Å². The molecule has 0 saturated carbocycles. The molecule has 0 aliphatic carbocycles. The number of likely N-dealkylation sites (N-methyl/N-ethyl adjacent to an activating group) is 1. The smallest absolute Gasteiger partial charge is 0.215 e. The predicted molar refractivity (Wildman–Crippen MR) is 82.2 cm³/mol. The molecule has 110 valence electrons. The maximum Gasteiger partial charge on any atom is 0.215 e. The first kappa shape index (κ1) is 4.56. The molecule has 0 saturated heterocycles. The summed E-state index contributed by atoms with van der Waals surface area (Å²) in [6.45, 7) is -11.4. The van der Waals surface area contributed by atoms with Crippen LogP contribution < -0.4 is 4.72 Å². The zero-order valence-electron chi connectivity index (χ0n) is 26.3. The summed E-state index contributed by atoms with van der Waals surface area (Å²) in [6, 6.07) is -2.79. The number of hydrogen-bond donors (Lipinski definition) is 2. The second-order valence-electron chi connectivity index (χ2n) is 3.66. The van der Waals surface area contributed by atoms with E-state index >= 15 is 0 Å². The highest BCUT2D eigenvalue weighted by Crippen LogP contribution is 2.21. The van der Waals surface area contributed by atoms with Gasteiger partial charge >= 0.3 is 0 Å². The molecule has 0 bridgehead atoms. The third-order valence-electron chi connectivity index (χ3n) is 2.27. The topological polar surface area (TPSA) is 65.2 Å². The molecule has 1 aromatic heterocycles. The number of rotatable bonds is 6. The molecule has 0 radical (unpaired) electrons. The normalized spacial score (nSPS) is 26.9. The molecule has 0 unspecified atom stereocenters. The summed E-state index contributed by atoms with van der Waals surface area (Å²) >= 11 is 0. The molecule has 5 nitrogen and oxygen atoms in total. The van der Waals surface area contributed by atoms with Gasteiger partial charge in [-0.15, -0.1) is 0 Å². The van der Waals surface area contributed by atoms with Gasteiger partial charge in [0.2, 0.25) is 10.0 Å². The quantitative estimate of drug-likeness (QED) is 0.845. The lowest BCUT2D eigenvalue weighted by Crippen LogP contribution is -2.20. The number of fused-ring (bicyclic) bond motifs is 1. The van der Waals surface area contributed by atoms with Crippen LogP contribution in [0.4, 0.5) is 0 Å². The Balaban J connectivity index is 3.06. The Kier molecular flexibility index (Phi) is 1.36. The minimum absolute atomic E-state index is 0.0224. The summed E-state index contributed by atoms with van der Waals surface area (Å²) in [5.41, 5.74) is -2.66. The average molecular weight is 312 g/mol. The summed E-state index contributed by atoms with van der Waals surface area (Å²) in [7, 11) is -3.63. The number of hydrogen-bond acceptors (Lipinski definition) is 3. The molecular weight excluding hydrogens is 274 g/mol. The molecule has 0 spiro atoms. The first-order valence-electron chi connectivity index (χ1n) is 13.1. The molecule has 0 aliphatic rings. The summed E-state index contributed by atoms with van der Waals surface area (Å²) < 4.78 is 151. The van der Waals surface area contributed by atoms with Crippen LogP contribution in [-0.4, -0.2) is 45.8 Å². The highest BCUT2D eigenvalue weighted by molar-refractivity contribution is 7.88. The lowest BCUT2D eigenvalue weighted by molar-refractivity contribution is 0.414. The van der Waals surface area contributed by atoms with Crippen molar-refractivity contribution in [2.24, 2.45) is 0 Å². The number of aromatic nitrogens is 1. The van der Waals surface area contributed by atoms with Crippen LogP contribution in [0.15, 0.2) is 24.3 Å². The van der Waals surface area contributed by atoms with E-state index in [4.69, 9.17) is 22.0 Å². The van der Waals surface area contributed by atoms with Gasteiger partial charge in [0.15, 0.2) is 1.41 Å². The Labute approximate surface area is 142 Å². The Bertz CT molecular complexity index is 1280. The standard InChI is InChI=1S/C14H21N3O2S/c1-15-20(18,19)10-11-4-5-14-13(8-11)12(9-16-14)6-7-17(2)3/h4-5,8-9,15-16H,6-7,10H2,1-3H3/i2D3,3D3,4D,5D,6D2,7D2,8D,9D/hD2. The van der Waals surface area contributed by atoms with Crippen molar-refractivity contribution in [1.29, 1.82) is 0 Å². The predicted octanol–water partition coefficient (Wildman–Crippen LogP) is 1.32. The Morgan fingerprint density at radius 2 is 2.40 bits per heavy atom. The van der Waals surface area contributed by atoms with Gasteiger partial charge in [0.25, 0.3) is 0 Å². The molecule has 1 heterocycles. The fourth-order valence-electron chi connectivity index (χ4n) is 1.39. The summed E-state index contributed by atoms with van der Waals surface area (Å²) in [6.07, 6.45) is -4.93. The molecular formula is C14H21N3O2S. The van der Waals surface area contributed by atoms with E-state index in [1.165, 1.54) is 0 Å². The zero-order valence-corrected chi connectivity index (χ0v) is 11.1. The Morgan fingerprint density at radius 3 is 3.10 bits per heavy atom. The van der Waals surface area contributed by atoms with Crippen molar-refractivity contribution in [2.45, 2.75) is 12.1 Å². The van der Waals surface area contributed by atoms with Crippen LogP contribution in [0.1, 0.15) is 30.3 Å². The van der Waals surface area contributed by atoms with E-state index in [2.05, 4.69) is 0 Å². The molecule has 2 N–H and O–H groups in total. The number of nitrogens with one attached hydrogen (secondary N) is 2. The number of nitrogens with zero attached hydrogens (tertiary/aromatic N) is 1. The minimum Gasteiger partial charge on any atom is -0.361 e. The first-order valence-corrected chi connectivity index (χ1v) is 6.83. The summed E-state index contributed by atoms with van der Waals surface area (Å²) in [4.78, 5) is -0.620. The van der Waals surface area contributed by atoms with Gasteiger partial charge in [-0.1, -0.05) is 6.04 Å². The van der Waals surface area contributed by atoms with Crippen LogP contribution in [0.3, 0.4) is 0 Å². The van der Waals surface area contributed by atoms with Gasteiger partial charge in [0.05, 0.1) is 11.2 Å². The van der Waals surface area contributed by atoms with Crippen molar-refractivity contribution in [2.75, 3.05) is 27.5 Å². The zero-order chi connectivity index (χ0) is 28.6. The van der Waals surface area contributed by atoms with Crippen molar-refractivity contribution >= 4 is 20.9 Å². The number of aryl methyl sites for hydroxylation is 1. The highest BCUT2D eigenvalue weighted by Gasteiger charge is 2.11. The fourth-order valence-corrected chi connectivity index (χ4v) is 2.03. The molecule has 0 atom stereocenters. The Morgan fingerprint density at radius 1 is 1.60 bits per heavy atom. The van der Waals surface area contributed by atoms with Crippen LogP contribution >= 0.6 is 0 Å². The van der Waals surface area contributed by atoms with E-state index < -0.39 is 93.8 Å². The Hall–Kier alpha value is -1.37. The van der Waals surface area contributed by atoms with Crippen molar-refractivity contribution in [1.82, 2.24) is 14.6 Å². The van der Waals surface area contributed by atoms with Crippen LogP contribution in [-0.2, 0) is 22.1 Å². The monoisotopic (exact) mass is 311 g/mol. The van der Waals surface area contributed by atoms with Gasteiger partial charge in [-0.3, -0.25) is 0 Å². The van der Waals surface area contributed by atoms with Gasteiger partial charge in [-0.2, -0.15) is 0 Å². The molecule has 0 amide bonds. The minimum atomic E-state index is -4.46. The number of H-pyrrole nitrogens is 1. The van der Waals surface area contributed by atoms with Crippen LogP contribution in [0.5, 0.6) is 0 Å². The van der Waals surface area contributed by atoms with E-state index in [1.54, 1.807) is 0 Å². The van der Waals surface area contributed by atoms with E-state index in [0.29, 0.717) is 0 Å². The maximum absolute atomic E-state index is 12.2. The maximum atomic E-state index is 12.2. The molecule has 20 heavy (non-hydrogen) atoms. The molecule has 2 rings (SSSR count). The first-order chi connectivity index (χ1) is 15.8. The lowest BCUT2D eigenvalue weighted by Gasteiger charge is -2.08. The van der Waals surface area contributed by atoms with Crippen molar-refractivity contribution in [3.63, 3.8) is 0 Å². The van der Waals surface area contributed by atoms with E-state index in [-0.39, 0.29) is 9.69 Å². The third kappa shape index (κ3) is 3.59. The van der Waals surface area contributed by atoms with Gasteiger partial charge in [-0.05, 0) is 50.6 Å².